The molecule has 2 N–H and O–H groups in total. The summed E-state index contributed by atoms with van der Waals surface area (Å²) in [4.78, 5) is 12.2. The number of methoxy groups -OCH3 is 2. The molecule has 0 aliphatic rings. The molecule has 0 spiro atoms. The molecule has 3 aromatic rings. The lowest BCUT2D eigenvalue weighted by atomic mass is 10.2. The number of hydrazone groups is 1. The third kappa shape index (κ3) is 5.49. The van der Waals surface area contributed by atoms with E-state index in [1.807, 2.05) is 36.4 Å². The van der Waals surface area contributed by atoms with Crippen LogP contribution in [-0.2, 0) is 0 Å². The first-order valence-electron chi connectivity index (χ1n) is 8.83. The Labute approximate surface area is 168 Å². The minimum Gasteiger partial charge on any atom is -0.497 e. The molecule has 3 rings (SSSR count). The van der Waals surface area contributed by atoms with Crippen LogP contribution >= 0.6 is 0 Å². The molecule has 0 saturated carbocycles. The molecule has 148 valence electrons. The molecule has 0 aromatic heterocycles. The van der Waals surface area contributed by atoms with Gasteiger partial charge in [0.2, 0.25) is 0 Å². The fourth-order valence-electron chi connectivity index (χ4n) is 2.53. The second-order valence-corrected chi connectivity index (χ2v) is 5.84. The van der Waals surface area contributed by atoms with Gasteiger partial charge in [0.1, 0.15) is 17.2 Å². The summed E-state index contributed by atoms with van der Waals surface area (Å²) in [5.74, 6) is 2.46. The Morgan fingerprint density at radius 1 is 0.862 bits per heavy atom. The lowest BCUT2D eigenvalue weighted by Gasteiger charge is -2.11. The molecule has 0 atom stereocenters. The zero-order chi connectivity index (χ0) is 20.5. The van der Waals surface area contributed by atoms with E-state index in [-0.39, 0.29) is 0 Å². The van der Waals surface area contributed by atoms with Crippen molar-refractivity contribution in [2.45, 2.75) is 0 Å². The first kappa shape index (κ1) is 19.8. The van der Waals surface area contributed by atoms with E-state index in [4.69, 9.17) is 14.2 Å². The van der Waals surface area contributed by atoms with E-state index in [0.717, 1.165) is 0 Å². The fraction of sp³-hybridized carbons (Fsp3) is 0.0909. The zero-order valence-corrected chi connectivity index (χ0v) is 16.1. The summed E-state index contributed by atoms with van der Waals surface area (Å²) >= 11 is 0. The number of nitrogens with zero attached hydrogens (tertiary/aromatic N) is 1. The molecule has 0 heterocycles. The number of rotatable bonds is 7. The lowest BCUT2D eigenvalue weighted by Crippen LogP contribution is -2.24. The molecule has 0 unspecified atom stereocenters. The van der Waals surface area contributed by atoms with Crippen molar-refractivity contribution < 1.29 is 19.0 Å². The molecule has 0 saturated heterocycles. The van der Waals surface area contributed by atoms with Gasteiger partial charge in [0, 0.05) is 5.56 Å². The highest BCUT2D eigenvalue weighted by Gasteiger charge is 2.08. The quantitative estimate of drug-likeness (QED) is 0.454. The Balaban J connectivity index is 1.65. The summed E-state index contributed by atoms with van der Waals surface area (Å²) in [7, 11) is 3.13. The van der Waals surface area contributed by atoms with Gasteiger partial charge in [-0.3, -0.25) is 0 Å². The van der Waals surface area contributed by atoms with E-state index < -0.39 is 6.03 Å². The number of carbonyl (C=O) groups excluding carboxylic acids is 1. The normalized spacial score (nSPS) is 10.4. The Hall–Kier alpha value is -4.00. The van der Waals surface area contributed by atoms with Crippen LogP contribution in [0.15, 0.2) is 77.9 Å². The summed E-state index contributed by atoms with van der Waals surface area (Å²) in [6.07, 6.45) is 1.48. The standard InChI is InChI=1S/C22H21N3O4/c1-27-18-12-13-20(28-2)16(14-18)15-23-25-22(26)24-19-10-6-7-11-21(19)29-17-8-4-3-5-9-17/h3-15H,1-2H3,(H2,24,25,26)/b23-15+. The molecule has 7 heteroatoms. The van der Waals surface area contributed by atoms with Gasteiger partial charge < -0.3 is 19.5 Å². The van der Waals surface area contributed by atoms with E-state index in [0.29, 0.717) is 34.2 Å². The van der Waals surface area contributed by atoms with Crippen LogP contribution in [0, 0.1) is 0 Å². The van der Waals surface area contributed by atoms with Crippen molar-refractivity contribution in [3.8, 4) is 23.0 Å². The average molecular weight is 391 g/mol. The highest BCUT2D eigenvalue weighted by Crippen LogP contribution is 2.29. The molecule has 0 bridgehead atoms. The molecular formula is C22H21N3O4. The number of carbonyl (C=O) groups is 1. The van der Waals surface area contributed by atoms with Crippen molar-refractivity contribution >= 4 is 17.9 Å². The van der Waals surface area contributed by atoms with Gasteiger partial charge >= 0.3 is 6.03 Å². The van der Waals surface area contributed by atoms with Crippen molar-refractivity contribution in [1.29, 1.82) is 0 Å². The minimum absolute atomic E-state index is 0.507. The van der Waals surface area contributed by atoms with Crippen LogP contribution in [-0.4, -0.2) is 26.5 Å². The number of hydrogen-bond donors (Lipinski definition) is 2. The number of amides is 2. The Bertz CT molecular complexity index is 990. The molecule has 7 nitrogen and oxygen atoms in total. The molecule has 3 aromatic carbocycles. The van der Waals surface area contributed by atoms with Gasteiger partial charge in [-0.2, -0.15) is 5.10 Å². The maximum absolute atomic E-state index is 12.2. The smallest absolute Gasteiger partial charge is 0.339 e. The van der Waals surface area contributed by atoms with Crippen LogP contribution in [0.1, 0.15) is 5.56 Å². The number of ether oxygens (including phenoxy) is 3. The van der Waals surface area contributed by atoms with Crippen LogP contribution in [0.5, 0.6) is 23.0 Å². The summed E-state index contributed by atoms with van der Waals surface area (Å²) < 4.78 is 16.3. The third-order valence-corrected chi connectivity index (χ3v) is 3.91. The minimum atomic E-state index is -0.507. The van der Waals surface area contributed by atoms with Crippen LogP contribution in [0.2, 0.25) is 0 Å². The molecule has 0 radical (unpaired) electrons. The van der Waals surface area contributed by atoms with Gasteiger partial charge in [-0.15, -0.1) is 0 Å². The van der Waals surface area contributed by atoms with Crippen LogP contribution in [0.4, 0.5) is 10.5 Å². The van der Waals surface area contributed by atoms with Gasteiger partial charge in [-0.25, -0.2) is 10.2 Å². The molecular weight excluding hydrogens is 370 g/mol. The zero-order valence-electron chi connectivity index (χ0n) is 16.1. The number of para-hydroxylation sites is 3. The largest absolute Gasteiger partial charge is 0.497 e. The van der Waals surface area contributed by atoms with Crippen molar-refractivity contribution in [2.24, 2.45) is 5.10 Å². The number of anilines is 1. The number of nitrogens with one attached hydrogen (secondary N) is 2. The third-order valence-electron chi connectivity index (χ3n) is 3.91. The van der Waals surface area contributed by atoms with E-state index >= 15 is 0 Å². The van der Waals surface area contributed by atoms with Crippen molar-refractivity contribution in [3.63, 3.8) is 0 Å². The fourth-order valence-corrected chi connectivity index (χ4v) is 2.53. The topological polar surface area (TPSA) is 81.2 Å². The highest BCUT2D eigenvalue weighted by molar-refractivity contribution is 5.92. The summed E-state index contributed by atoms with van der Waals surface area (Å²) in [6, 6.07) is 21.3. The predicted molar refractivity (Wildman–Crippen MR) is 112 cm³/mol. The van der Waals surface area contributed by atoms with Crippen LogP contribution in [0.25, 0.3) is 0 Å². The van der Waals surface area contributed by atoms with E-state index in [1.54, 1.807) is 50.6 Å². The van der Waals surface area contributed by atoms with E-state index in [9.17, 15) is 4.79 Å². The monoisotopic (exact) mass is 391 g/mol. The average Bonchev–Trinajstić information content (AvgIpc) is 2.75. The number of urea groups is 1. The maximum Gasteiger partial charge on any atom is 0.339 e. The van der Waals surface area contributed by atoms with Crippen LogP contribution in [0.3, 0.4) is 0 Å². The van der Waals surface area contributed by atoms with Gasteiger partial charge in [0.25, 0.3) is 0 Å². The van der Waals surface area contributed by atoms with E-state index in [1.165, 1.54) is 6.21 Å². The van der Waals surface area contributed by atoms with Crippen molar-refractivity contribution in [1.82, 2.24) is 5.43 Å². The SMILES string of the molecule is COc1ccc(OC)c(/C=N/NC(=O)Nc2ccccc2Oc2ccccc2)c1. The number of hydrogen-bond acceptors (Lipinski definition) is 5. The molecule has 0 aliphatic carbocycles. The summed E-state index contributed by atoms with van der Waals surface area (Å²) in [6.45, 7) is 0. The molecule has 0 aliphatic heterocycles. The van der Waals surface area contributed by atoms with Gasteiger partial charge in [0.15, 0.2) is 5.75 Å². The first-order valence-corrected chi connectivity index (χ1v) is 8.83. The summed E-state index contributed by atoms with van der Waals surface area (Å²) in [5.41, 5.74) is 3.61. The second kappa shape index (κ2) is 9.80. The van der Waals surface area contributed by atoms with E-state index in [2.05, 4.69) is 15.8 Å². The predicted octanol–water partition coefficient (Wildman–Crippen LogP) is 4.65. The Kier molecular flexibility index (Phi) is 6.67. The maximum atomic E-state index is 12.2. The van der Waals surface area contributed by atoms with Gasteiger partial charge in [-0.1, -0.05) is 30.3 Å². The lowest BCUT2D eigenvalue weighted by molar-refractivity contribution is 0.252. The highest BCUT2D eigenvalue weighted by atomic mass is 16.5. The summed E-state index contributed by atoms with van der Waals surface area (Å²) in [5, 5.41) is 6.70. The molecule has 0 fully saturated rings. The first-order chi connectivity index (χ1) is 14.2. The van der Waals surface area contributed by atoms with Crippen molar-refractivity contribution in [2.75, 3.05) is 19.5 Å². The Morgan fingerprint density at radius 2 is 1.62 bits per heavy atom. The molecule has 29 heavy (non-hydrogen) atoms. The van der Waals surface area contributed by atoms with Gasteiger partial charge in [-0.05, 0) is 42.5 Å². The van der Waals surface area contributed by atoms with Crippen molar-refractivity contribution in [3.05, 3.63) is 78.4 Å². The Morgan fingerprint density at radius 3 is 2.38 bits per heavy atom. The second-order valence-electron chi connectivity index (χ2n) is 5.84. The van der Waals surface area contributed by atoms with Crippen LogP contribution < -0.4 is 25.0 Å². The number of benzene rings is 3. The molecule has 2 amide bonds. The van der Waals surface area contributed by atoms with Gasteiger partial charge in [0.05, 0.1) is 26.1 Å².